The van der Waals surface area contributed by atoms with E-state index >= 15 is 0 Å². The van der Waals surface area contributed by atoms with E-state index in [9.17, 15) is 24.5 Å². The van der Waals surface area contributed by atoms with Crippen LogP contribution in [0.2, 0.25) is 0 Å². The van der Waals surface area contributed by atoms with Crippen molar-refractivity contribution in [2.24, 2.45) is 0 Å². The molecule has 0 aliphatic carbocycles. The van der Waals surface area contributed by atoms with Gasteiger partial charge in [-0.3, -0.25) is 24.3 Å². The van der Waals surface area contributed by atoms with Gasteiger partial charge in [0.1, 0.15) is 11.4 Å². The molecule has 0 saturated heterocycles. The number of amides is 1. The number of esters is 1. The summed E-state index contributed by atoms with van der Waals surface area (Å²) in [5, 5.41) is 14.1. The number of nitrogens with one attached hydrogen (secondary N) is 1. The van der Waals surface area contributed by atoms with Crippen molar-refractivity contribution in [3.8, 4) is 0 Å². The van der Waals surface area contributed by atoms with Gasteiger partial charge in [-0.25, -0.2) is 9.78 Å². The van der Waals surface area contributed by atoms with E-state index in [0.717, 1.165) is 22.2 Å². The Bertz CT molecular complexity index is 1180. The SMILES string of the molecule is CCOC(=O)c1sc(NC(=O)Cn2cnc3cc([N+](=O)[O-])ccc3c2=O)cc1C. The van der Waals surface area contributed by atoms with Crippen molar-refractivity contribution in [2.75, 3.05) is 11.9 Å². The quantitative estimate of drug-likeness (QED) is 0.371. The maximum Gasteiger partial charge on any atom is 0.348 e. The van der Waals surface area contributed by atoms with Crippen molar-refractivity contribution < 1.29 is 19.2 Å². The molecule has 0 fully saturated rings. The van der Waals surface area contributed by atoms with Crippen LogP contribution in [0.3, 0.4) is 0 Å². The first-order chi connectivity index (χ1) is 13.8. The number of nitrogens with zero attached hydrogens (tertiary/aromatic N) is 3. The number of hydrogen-bond acceptors (Lipinski definition) is 8. The minimum Gasteiger partial charge on any atom is -0.462 e. The number of carbonyl (C=O) groups excluding carboxylic acids is 2. The lowest BCUT2D eigenvalue weighted by atomic mass is 10.2. The Kier molecular flexibility index (Phi) is 5.69. The van der Waals surface area contributed by atoms with Gasteiger partial charge in [-0.05, 0) is 31.5 Å². The average Bonchev–Trinajstić information content (AvgIpc) is 3.04. The van der Waals surface area contributed by atoms with Gasteiger partial charge in [0.25, 0.3) is 11.2 Å². The Morgan fingerprint density at radius 1 is 1.34 bits per heavy atom. The number of aromatic nitrogens is 2. The Labute approximate surface area is 167 Å². The van der Waals surface area contributed by atoms with Crippen molar-refractivity contribution in [1.82, 2.24) is 9.55 Å². The molecule has 0 atom stereocenters. The number of rotatable bonds is 6. The first kappa shape index (κ1) is 20.1. The number of benzene rings is 1. The Morgan fingerprint density at radius 3 is 2.79 bits per heavy atom. The zero-order valence-electron chi connectivity index (χ0n) is 15.5. The zero-order valence-corrected chi connectivity index (χ0v) is 16.3. The van der Waals surface area contributed by atoms with Gasteiger partial charge in [-0.2, -0.15) is 0 Å². The van der Waals surface area contributed by atoms with Gasteiger partial charge in [-0.15, -0.1) is 11.3 Å². The monoisotopic (exact) mass is 416 g/mol. The molecule has 0 aliphatic rings. The second-order valence-corrected chi connectivity index (χ2v) is 7.08. The molecule has 0 spiro atoms. The molecule has 150 valence electrons. The smallest absolute Gasteiger partial charge is 0.348 e. The van der Waals surface area contributed by atoms with Crippen LogP contribution in [0.1, 0.15) is 22.2 Å². The van der Waals surface area contributed by atoms with Gasteiger partial charge in [0.05, 0.1) is 33.8 Å². The number of thiophene rings is 1. The summed E-state index contributed by atoms with van der Waals surface area (Å²) in [6.45, 7) is 3.38. The second kappa shape index (κ2) is 8.19. The predicted molar refractivity (Wildman–Crippen MR) is 106 cm³/mol. The highest BCUT2D eigenvalue weighted by Crippen LogP contribution is 2.27. The van der Waals surface area contributed by atoms with E-state index in [2.05, 4.69) is 10.3 Å². The number of ether oxygens (including phenoxy) is 1. The summed E-state index contributed by atoms with van der Waals surface area (Å²) in [5.41, 5.74) is 0.184. The number of nitro groups is 1. The minimum absolute atomic E-state index is 0.169. The summed E-state index contributed by atoms with van der Waals surface area (Å²) in [5.74, 6) is -0.939. The first-order valence-electron chi connectivity index (χ1n) is 8.51. The zero-order chi connectivity index (χ0) is 21.1. The third kappa shape index (κ3) is 4.29. The number of fused-ring (bicyclic) bond motifs is 1. The molecule has 10 nitrogen and oxygen atoms in total. The van der Waals surface area contributed by atoms with Gasteiger partial charge in [-0.1, -0.05) is 0 Å². The fourth-order valence-corrected chi connectivity index (χ4v) is 3.63. The molecule has 0 radical (unpaired) electrons. The maximum absolute atomic E-state index is 12.5. The Balaban J connectivity index is 1.78. The molecule has 1 N–H and O–H groups in total. The molecule has 11 heteroatoms. The molecule has 0 unspecified atom stereocenters. The lowest BCUT2D eigenvalue weighted by molar-refractivity contribution is -0.384. The highest BCUT2D eigenvalue weighted by molar-refractivity contribution is 7.18. The largest absolute Gasteiger partial charge is 0.462 e. The standard InChI is InChI=1S/C18H16N4O6S/c1-3-28-18(25)16-10(2)6-15(29-16)20-14(23)8-21-9-19-13-7-11(22(26)27)4-5-12(13)17(21)24/h4-7,9H,3,8H2,1-2H3,(H,20,23). The van der Waals surface area contributed by atoms with E-state index in [1.54, 1.807) is 19.9 Å². The van der Waals surface area contributed by atoms with Crippen molar-refractivity contribution >= 4 is 44.8 Å². The molecule has 0 aliphatic heterocycles. The molecule has 29 heavy (non-hydrogen) atoms. The van der Waals surface area contributed by atoms with Crippen LogP contribution in [-0.2, 0) is 16.1 Å². The van der Waals surface area contributed by atoms with E-state index in [1.165, 1.54) is 18.2 Å². The van der Waals surface area contributed by atoms with Crippen molar-refractivity contribution in [3.63, 3.8) is 0 Å². The second-order valence-electron chi connectivity index (χ2n) is 6.03. The van der Waals surface area contributed by atoms with Crippen LogP contribution >= 0.6 is 11.3 Å². The van der Waals surface area contributed by atoms with E-state index in [1.807, 2.05) is 0 Å². The number of anilines is 1. The molecule has 0 bridgehead atoms. The molecule has 3 aromatic rings. The predicted octanol–water partition coefficient (Wildman–Crippen LogP) is 2.49. The normalized spacial score (nSPS) is 10.7. The van der Waals surface area contributed by atoms with Crippen LogP contribution in [0, 0.1) is 17.0 Å². The number of hydrogen-bond donors (Lipinski definition) is 1. The maximum atomic E-state index is 12.5. The van der Waals surface area contributed by atoms with Crippen LogP contribution in [-0.4, -0.2) is 33.0 Å². The summed E-state index contributed by atoms with van der Waals surface area (Å²) in [6, 6.07) is 5.37. The summed E-state index contributed by atoms with van der Waals surface area (Å²) in [4.78, 5) is 51.4. The summed E-state index contributed by atoms with van der Waals surface area (Å²) in [7, 11) is 0. The van der Waals surface area contributed by atoms with Crippen LogP contribution in [0.4, 0.5) is 10.7 Å². The van der Waals surface area contributed by atoms with Crippen molar-refractivity contribution in [3.05, 3.63) is 61.5 Å². The Hall–Kier alpha value is -3.60. The third-order valence-electron chi connectivity index (χ3n) is 3.97. The van der Waals surface area contributed by atoms with Crippen LogP contribution in [0.15, 0.2) is 35.4 Å². The van der Waals surface area contributed by atoms with Crippen molar-refractivity contribution in [1.29, 1.82) is 0 Å². The molecule has 1 aromatic carbocycles. The van der Waals surface area contributed by atoms with Gasteiger partial charge in [0, 0.05) is 12.1 Å². The van der Waals surface area contributed by atoms with E-state index in [-0.39, 0.29) is 29.7 Å². The fourth-order valence-electron chi connectivity index (χ4n) is 2.65. The highest BCUT2D eigenvalue weighted by atomic mass is 32.1. The lowest BCUT2D eigenvalue weighted by Crippen LogP contribution is -2.27. The molecule has 2 aromatic heterocycles. The number of nitro benzene ring substituents is 1. The number of non-ortho nitro benzene ring substituents is 1. The Morgan fingerprint density at radius 2 is 2.10 bits per heavy atom. The molecular formula is C18H16N4O6S. The first-order valence-corrected chi connectivity index (χ1v) is 9.32. The lowest BCUT2D eigenvalue weighted by Gasteiger charge is -2.06. The van der Waals surface area contributed by atoms with Crippen LogP contribution in [0.5, 0.6) is 0 Å². The van der Waals surface area contributed by atoms with Crippen LogP contribution < -0.4 is 10.9 Å². The van der Waals surface area contributed by atoms with Gasteiger partial charge in [0.15, 0.2) is 0 Å². The molecule has 0 saturated carbocycles. The molecule has 1 amide bonds. The number of carbonyl (C=O) groups is 2. The van der Waals surface area contributed by atoms with Gasteiger partial charge >= 0.3 is 5.97 Å². The van der Waals surface area contributed by atoms with E-state index in [4.69, 9.17) is 4.74 Å². The average molecular weight is 416 g/mol. The summed E-state index contributed by atoms with van der Waals surface area (Å²) >= 11 is 1.08. The summed E-state index contributed by atoms with van der Waals surface area (Å²) in [6.07, 6.45) is 1.16. The minimum atomic E-state index is -0.576. The van der Waals surface area contributed by atoms with Gasteiger partial charge in [0.2, 0.25) is 5.91 Å². The highest BCUT2D eigenvalue weighted by Gasteiger charge is 2.17. The fraction of sp³-hybridized carbons (Fsp3) is 0.222. The van der Waals surface area contributed by atoms with Crippen LogP contribution in [0.25, 0.3) is 10.9 Å². The van der Waals surface area contributed by atoms with E-state index in [0.29, 0.717) is 15.4 Å². The third-order valence-corrected chi connectivity index (χ3v) is 5.11. The van der Waals surface area contributed by atoms with Gasteiger partial charge < -0.3 is 10.1 Å². The molecular weight excluding hydrogens is 400 g/mol. The van der Waals surface area contributed by atoms with E-state index < -0.39 is 22.4 Å². The summed E-state index contributed by atoms with van der Waals surface area (Å²) < 4.78 is 6.07. The molecule has 2 heterocycles. The molecule has 3 rings (SSSR count). The van der Waals surface area contributed by atoms with Crippen molar-refractivity contribution in [2.45, 2.75) is 20.4 Å². The topological polar surface area (TPSA) is 133 Å². The number of aryl methyl sites for hydroxylation is 1.